The Kier molecular flexibility index (Phi) is 12.8. The van der Waals surface area contributed by atoms with Crippen molar-refractivity contribution in [2.24, 2.45) is 5.73 Å². The molecule has 196 valence electrons. The number of thioether (sulfide) groups is 1. The van der Waals surface area contributed by atoms with Crippen molar-refractivity contribution in [1.29, 1.82) is 0 Å². The second kappa shape index (κ2) is 15.0. The molecule has 3 amide bonds. The first-order valence-corrected chi connectivity index (χ1v) is 12.1. The van der Waals surface area contributed by atoms with Gasteiger partial charge in [0.05, 0.1) is 18.5 Å². The summed E-state index contributed by atoms with van der Waals surface area (Å²) in [5, 5.41) is 35.3. The van der Waals surface area contributed by atoms with Crippen molar-refractivity contribution in [1.82, 2.24) is 25.9 Å². The summed E-state index contributed by atoms with van der Waals surface area (Å²) in [5.74, 6) is -4.46. The highest BCUT2D eigenvalue weighted by molar-refractivity contribution is 7.98. The van der Waals surface area contributed by atoms with Gasteiger partial charge in [0.2, 0.25) is 17.7 Å². The molecule has 0 aliphatic heterocycles. The Balaban J connectivity index is 2.98. The highest BCUT2D eigenvalue weighted by Gasteiger charge is 2.32. The largest absolute Gasteiger partial charge is 0.481 e. The molecular formula is C20H32N6O8S. The first-order valence-electron chi connectivity index (χ1n) is 10.7. The van der Waals surface area contributed by atoms with E-state index in [0.717, 1.165) is 0 Å². The van der Waals surface area contributed by atoms with Crippen LogP contribution in [0.15, 0.2) is 12.5 Å². The van der Waals surface area contributed by atoms with Crippen LogP contribution >= 0.6 is 11.8 Å². The molecule has 0 radical (unpaired) electrons. The van der Waals surface area contributed by atoms with E-state index in [2.05, 4.69) is 25.9 Å². The van der Waals surface area contributed by atoms with Crippen molar-refractivity contribution in [2.45, 2.75) is 62.9 Å². The fourth-order valence-electron chi connectivity index (χ4n) is 2.93. The number of carbonyl (C=O) groups excluding carboxylic acids is 3. The number of aliphatic hydroxyl groups excluding tert-OH is 1. The van der Waals surface area contributed by atoms with Crippen molar-refractivity contribution in [3.8, 4) is 0 Å². The van der Waals surface area contributed by atoms with Crippen molar-refractivity contribution in [2.75, 3.05) is 12.0 Å². The van der Waals surface area contributed by atoms with Gasteiger partial charge in [-0.1, -0.05) is 0 Å². The number of rotatable bonds is 16. The Bertz CT molecular complexity index is 866. The molecule has 1 rings (SSSR count). The van der Waals surface area contributed by atoms with Crippen molar-refractivity contribution in [3.63, 3.8) is 0 Å². The van der Waals surface area contributed by atoms with E-state index in [-0.39, 0.29) is 25.7 Å². The van der Waals surface area contributed by atoms with Crippen LogP contribution in [-0.4, -0.2) is 97.2 Å². The van der Waals surface area contributed by atoms with E-state index in [0.29, 0.717) is 11.4 Å². The topological polar surface area (TPSA) is 237 Å². The zero-order chi connectivity index (χ0) is 26.5. The molecule has 0 bridgehead atoms. The van der Waals surface area contributed by atoms with Crippen LogP contribution in [0.25, 0.3) is 0 Å². The van der Waals surface area contributed by atoms with Crippen LogP contribution in [0.3, 0.4) is 0 Å². The molecule has 0 aliphatic rings. The third-order valence-corrected chi connectivity index (χ3v) is 5.55. The number of aromatic amines is 1. The smallest absolute Gasteiger partial charge is 0.326 e. The van der Waals surface area contributed by atoms with Crippen LogP contribution < -0.4 is 21.7 Å². The maximum atomic E-state index is 12.9. The van der Waals surface area contributed by atoms with Gasteiger partial charge < -0.3 is 42.0 Å². The third kappa shape index (κ3) is 10.7. The van der Waals surface area contributed by atoms with Gasteiger partial charge in [0.25, 0.3) is 0 Å². The molecule has 0 aliphatic carbocycles. The highest BCUT2D eigenvalue weighted by Crippen LogP contribution is 2.06. The molecule has 9 N–H and O–H groups in total. The summed E-state index contributed by atoms with van der Waals surface area (Å²) in [6, 6.07) is -5.20. The number of aliphatic hydroxyl groups is 1. The van der Waals surface area contributed by atoms with Gasteiger partial charge in [-0.3, -0.25) is 19.2 Å². The van der Waals surface area contributed by atoms with E-state index < -0.39 is 59.9 Å². The lowest BCUT2D eigenvalue weighted by Gasteiger charge is -2.26. The summed E-state index contributed by atoms with van der Waals surface area (Å²) in [6.45, 7) is 1.24. The maximum absolute atomic E-state index is 12.9. The van der Waals surface area contributed by atoms with Gasteiger partial charge >= 0.3 is 11.9 Å². The SMILES string of the molecule is CSCCC(NC(=O)C(Cc1cnc[nH]1)NC(=O)C(NC(=O)C(N)CCC(=O)O)C(C)O)C(=O)O. The van der Waals surface area contributed by atoms with E-state index in [1.807, 2.05) is 0 Å². The van der Waals surface area contributed by atoms with Crippen LogP contribution in [0.1, 0.15) is 31.9 Å². The van der Waals surface area contributed by atoms with Crippen LogP contribution in [0.2, 0.25) is 0 Å². The predicted molar refractivity (Wildman–Crippen MR) is 125 cm³/mol. The molecule has 1 heterocycles. The van der Waals surface area contributed by atoms with E-state index in [4.69, 9.17) is 10.8 Å². The minimum atomic E-state index is -1.51. The number of carboxylic acids is 2. The van der Waals surface area contributed by atoms with Gasteiger partial charge in [-0.25, -0.2) is 9.78 Å². The fourth-order valence-corrected chi connectivity index (χ4v) is 3.40. The number of carbonyl (C=O) groups is 5. The predicted octanol–water partition coefficient (Wildman–Crippen LogP) is -2.18. The molecule has 0 fully saturated rings. The molecule has 0 saturated carbocycles. The molecule has 1 aromatic rings. The summed E-state index contributed by atoms with van der Waals surface area (Å²) < 4.78 is 0. The first kappa shape index (κ1) is 29.9. The van der Waals surface area contributed by atoms with Crippen LogP contribution in [0.5, 0.6) is 0 Å². The minimum absolute atomic E-state index is 0.0783. The molecule has 14 nitrogen and oxygen atoms in total. The Morgan fingerprint density at radius 3 is 2.23 bits per heavy atom. The van der Waals surface area contributed by atoms with E-state index in [1.54, 1.807) is 6.26 Å². The van der Waals surface area contributed by atoms with E-state index in [9.17, 15) is 34.2 Å². The number of aromatic nitrogens is 2. The van der Waals surface area contributed by atoms with Crippen molar-refractivity contribution in [3.05, 3.63) is 18.2 Å². The lowest BCUT2D eigenvalue weighted by atomic mass is 10.1. The van der Waals surface area contributed by atoms with Crippen LogP contribution in [0.4, 0.5) is 0 Å². The number of carboxylic acid groups (broad SMARTS) is 2. The van der Waals surface area contributed by atoms with Gasteiger partial charge in [0, 0.05) is 24.7 Å². The second-order valence-electron chi connectivity index (χ2n) is 7.79. The summed E-state index contributed by atoms with van der Waals surface area (Å²) >= 11 is 1.41. The standard InChI is InChI=1S/C20H32N6O8S/c1-10(27)16(26-17(30)12(21)3-4-15(28)29)19(32)25-14(7-11-8-22-9-23-11)18(31)24-13(20(33)34)5-6-35-2/h8-10,12-14,16,27H,3-7,21H2,1-2H3,(H,22,23)(H,24,31)(H,25,32)(H,26,30)(H,28,29)(H,33,34). The van der Waals surface area contributed by atoms with Crippen molar-refractivity contribution < 1.29 is 39.3 Å². The van der Waals surface area contributed by atoms with Crippen LogP contribution in [0, 0.1) is 0 Å². The van der Waals surface area contributed by atoms with Gasteiger partial charge in [0.1, 0.15) is 18.1 Å². The molecule has 1 aromatic heterocycles. The third-order valence-electron chi connectivity index (χ3n) is 4.91. The average Bonchev–Trinajstić information content (AvgIpc) is 3.30. The van der Waals surface area contributed by atoms with E-state index in [1.165, 1.54) is 31.2 Å². The lowest BCUT2D eigenvalue weighted by Crippen LogP contribution is -2.60. The number of H-pyrrole nitrogens is 1. The number of imidazole rings is 1. The Labute approximate surface area is 205 Å². The maximum Gasteiger partial charge on any atom is 0.326 e. The fraction of sp³-hybridized carbons (Fsp3) is 0.600. The molecule has 0 saturated heterocycles. The second-order valence-corrected chi connectivity index (χ2v) is 8.77. The number of amides is 3. The van der Waals surface area contributed by atoms with Gasteiger partial charge in [-0.2, -0.15) is 11.8 Å². The first-order chi connectivity index (χ1) is 16.5. The summed E-state index contributed by atoms with van der Waals surface area (Å²) in [5.41, 5.74) is 6.12. The Hall–Kier alpha value is -3.17. The number of hydrogen-bond acceptors (Lipinski definition) is 9. The summed E-state index contributed by atoms with van der Waals surface area (Å²) in [6.07, 6.45) is 2.71. The number of nitrogens with zero attached hydrogens (tertiary/aromatic N) is 1. The number of nitrogens with one attached hydrogen (secondary N) is 4. The molecular weight excluding hydrogens is 484 g/mol. The molecule has 5 atom stereocenters. The quantitative estimate of drug-likeness (QED) is 0.117. The van der Waals surface area contributed by atoms with Crippen LogP contribution in [-0.2, 0) is 30.4 Å². The average molecular weight is 517 g/mol. The van der Waals surface area contributed by atoms with E-state index >= 15 is 0 Å². The number of nitrogens with two attached hydrogens (primary N) is 1. The van der Waals surface area contributed by atoms with Gasteiger partial charge in [0.15, 0.2) is 0 Å². The summed E-state index contributed by atoms with van der Waals surface area (Å²) in [7, 11) is 0. The Morgan fingerprint density at radius 1 is 1.06 bits per heavy atom. The zero-order valence-electron chi connectivity index (χ0n) is 19.4. The summed E-state index contributed by atoms with van der Waals surface area (Å²) in [4.78, 5) is 66.9. The van der Waals surface area contributed by atoms with Gasteiger partial charge in [-0.05, 0) is 31.8 Å². The monoisotopic (exact) mass is 516 g/mol. The molecule has 5 unspecified atom stereocenters. The molecule has 0 spiro atoms. The van der Waals surface area contributed by atoms with Gasteiger partial charge in [-0.15, -0.1) is 0 Å². The Morgan fingerprint density at radius 2 is 1.71 bits per heavy atom. The zero-order valence-corrected chi connectivity index (χ0v) is 20.2. The highest BCUT2D eigenvalue weighted by atomic mass is 32.2. The lowest BCUT2D eigenvalue weighted by molar-refractivity contribution is -0.142. The van der Waals surface area contributed by atoms with Crippen molar-refractivity contribution >= 4 is 41.4 Å². The normalized spacial score (nSPS) is 15.2. The molecule has 0 aromatic carbocycles. The minimum Gasteiger partial charge on any atom is -0.481 e. The number of hydrogen-bond donors (Lipinski definition) is 8. The molecule has 35 heavy (non-hydrogen) atoms. The molecule has 15 heteroatoms. The number of aliphatic carboxylic acids is 2.